The smallest absolute Gasteiger partial charge is 0.157 e. The number of hydrogen-bond acceptors (Lipinski definition) is 7. The highest BCUT2D eigenvalue weighted by atomic mass is 15.3. The van der Waals surface area contributed by atoms with Gasteiger partial charge in [-0.2, -0.15) is 5.10 Å². The van der Waals surface area contributed by atoms with Crippen LogP contribution in [0.2, 0.25) is 0 Å². The van der Waals surface area contributed by atoms with Gasteiger partial charge in [-0.3, -0.25) is 0 Å². The second-order valence-corrected chi connectivity index (χ2v) is 9.08. The van der Waals surface area contributed by atoms with Crippen molar-refractivity contribution in [2.45, 2.75) is 44.7 Å². The van der Waals surface area contributed by atoms with Gasteiger partial charge in [0, 0.05) is 43.3 Å². The number of nitrogens with zero attached hydrogens (tertiary/aromatic N) is 7. The molecule has 2 fully saturated rings. The van der Waals surface area contributed by atoms with Crippen LogP contribution in [-0.2, 0) is 0 Å². The molecule has 2 N–H and O–H groups in total. The van der Waals surface area contributed by atoms with E-state index in [1.165, 1.54) is 12.0 Å². The van der Waals surface area contributed by atoms with Gasteiger partial charge in [-0.1, -0.05) is 11.6 Å². The van der Waals surface area contributed by atoms with Crippen molar-refractivity contribution in [2.24, 2.45) is 5.73 Å². The van der Waals surface area contributed by atoms with Crippen molar-refractivity contribution in [2.75, 3.05) is 29.4 Å². The molecule has 0 amide bonds. The molecule has 8 heteroatoms. The second kappa shape index (κ2) is 7.70. The molecule has 1 aromatic carbocycles. The maximum atomic E-state index is 6.09. The van der Waals surface area contributed by atoms with Gasteiger partial charge in [-0.05, 0) is 50.8 Å². The number of aryl methyl sites for hydroxylation is 1. The van der Waals surface area contributed by atoms with Crippen LogP contribution in [0.1, 0.15) is 43.0 Å². The zero-order chi connectivity index (χ0) is 21.7. The number of nitrogens with two attached hydrogens (primary N) is 1. The van der Waals surface area contributed by atoms with Crippen molar-refractivity contribution in [3.8, 4) is 0 Å². The van der Waals surface area contributed by atoms with E-state index in [-0.39, 0.29) is 12.1 Å². The van der Waals surface area contributed by atoms with Crippen LogP contribution in [-0.4, -0.2) is 50.2 Å². The Bertz CT molecular complexity index is 1280. The van der Waals surface area contributed by atoms with Crippen LogP contribution < -0.4 is 15.5 Å². The second-order valence-electron chi connectivity index (χ2n) is 9.08. The molecule has 32 heavy (non-hydrogen) atoms. The van der Waals surface area contributed by atoms with E-state index in [0.29, 0.717) is 0 Å². The molecule has 4 aromatic rings. The number of piperidine rings is 1. The van der Waals surface area contributed by atoms with Crippen LogP contribution in [0.4, 0.5) is 11.6 Å². The van der Waals surface area contributed by atoms with Crippen LogP contribution in [0, 0.1) is 6.92 Å². The minimum absolute atomic E-state index is 0.174. The van der Waals surface area contributed by atoms with Crippen LogP contribution in [0.5, 0.6) is 0 Å². The summed E-state index contributed by atoms with van der Waals surface area (Å²) >= 11 is 0. The maximum absolute atomic E-state index is 6.09. The molecule has 8 nitrogen and oxygen atoms in total. The average molecular weight is 429 g/mol. The highest BCUT2D eigenvalue weighted by molar-refractivity contribution is 5.90. The topological polar surface area (TPSA) is 88.5 Å². The van der Waals surface area contributed by atoms with E-state index in [1.807, 2.05) is 16.8 Å². The zero-order valence-electron chi connectivity index (χ0n) is 18.4. The van der Waals surface area contributed by atoms with Gasteiger partial charge < -0.3 is 15.5 Å². The predicted octanol–water partition coefficient (Wildman–Crippen LogP) is 3.25. The largest absolute Gasteiger partial charge is 0.355 e. The van der Waals surface area contributed by atoms with Crippen molar-refractivity contribution in [3.63, 3.8) is 0 Å². The molecule has 5 heterocycles. The van der Waals surface area contributed by atoms with Gasteiger partial charge in [0.15, 0.2) is 5.65 Å². The summed E-state index contributed by atoms with van der Waals surface area (Å²) in [4.78, 5) is 18.8. The first-order valence-electron chi connectivity index (χ1n) is 11.5. The molecule has 0 spiro atoms. The minimum atomic E-state index is 0.174. The van der Waals surface area contributed by atoms with E-state index in [4.69, 9.17) is 20.8 Å². The molecule has 164 valence electrons. The van der Waals surface area contributed by atoms with Crippen LogP contribution in [0.15, 0.2) is 42.9 Å². The highest BCUT2D eigenvalue weighted by Gasteiger charge is 2.29. The molecule has 0 bridgehead atoms. The first-order valence-corrected chi connectivity index (χ1v) is 11.5. The van der Waals surface area contributed by atoms with Gasteiger partial charge in [0.2, 0.25) is 0 Å². The molecule has 0 radical (unpaired) electrons. The molecule has 2 saturated heterocycles. The van der Waals surface area contributed by atoms with Crippen molar-refractivity contribution in [1.82, 2.24) is 24.6 Å². The SMILES string of the molecule is Cc1ccc2ncnc(N3CCCC[C@@H]3c3cc4nc(N5CC[C@H](N)C5)ccn4n3)c2c1. The third-order valence-electron chi connectivity index (χ3n) is 6.76. The molecule has 3 aromatic heterocycles. The standard InChI is InChI=1S/C24H28N8/c1-16-5-6-19-18(12-16)24(27-15-26-19)31-9-3-2-4-21(31)20-13-23-28-22(8-11-32(23)29-20)30-10-7-17(25)14-30/h5-6,8,11-13,15,17,21H,2-4,7,9-10,14,25H2,1H3/t17-,21+/m0/s1. The van der Waals surface area contributed by atoms with Crippen LogP contribution in [0.25, 0.3) is 16.6 Å². The number of hydrogen-bond donors (Lipinski definition) is 1. The Morgan fingerprint density at radius 3 is 2.84 bits per heavy atom. The summed E-state index contributed by atoms with van der Waals surface area (Å²) in [5.74, 6) is 1.98. The number of benzene rings is 1. The zero-order valence-corrected chi connectivity index (χ0v) is 18.4. The summed E-state index contributed by atoms with van der Waals surface area (Å²) in [6.07, 6.45) is 8.09. The summed E-state index contributed by atoms with van der Waals surface area (Å²) in [6, 6.07) is 11.0. The van der Waals surface area contributed by atoms with Crippen molar-refractivity contribution < 1.29 is 0 Å². The number of anilines is 2. The van der Waals surface area contributed by atoms with E-state index in [9.17, 15) is 0 Å². The average Bonchev–Trinajstić information content (AvgIpc) is 3.44. The maximum Gasteiger partial charge on any atom is 0.157 e. The van der Waals surface area contributed by atoms with Gasteiger partial charge in [0.1, 0.15) is 18.0 Å². The quantitative estimate of drug-likeness (QED) is 0.536. The lowest BCUT2D eigenvalue weighted by Crippen LogP contribution is -2.34. The molecule has 6 rings (SSSR count). The Hall–Kier alpha value is -3.26. The fourth-order valence-corrected chi connectivity index (χ4v) is 5.10. The first-order chi connectivity index (χ1) is 15.7. The van der Waals surface area contributed by atoms with E-state index < -0.39 is 0 Å². The monoisotopic (exact) mass is 428 g/mol. The van der Waals surface area contributed by atoms with Gasteiger partial charge >= 0.3 is 0 Å². The molecule has 2 aliphatic rings. The molecule has 2 atom stereocenters. The van der Waals surface area contributed by atoms with Crippen molar-refractivity contribution in [1.29, 1.82) is 0 Å². The Morgan fingerprint density at radius 1 is 1.03 bits per heavy atom. The Labute approximate surface area is 187 Å². The van der Waals surface area contributed by atoms with E-state index in [1.54, 1.807) is 6.33 Å². The minimum Gasteiger partial charge on any atom is -0.355 e. The summed E-state index contributed by atoms with van der Waals surface area (Å²) in [5.41, 5.74) is 10.2. The third kappa shape index (κ3) is 3.35. The van der Waals surface area contributed by atoms with E-state index in [2.05, 4.69) is 46.0 Å². The predicted molar refractivity (Wildman–Crippen MR) is 126 cm³/mol. The Balaban J connectivity index is 1.38. The van der Waals surface area contributed by atoms with Gasteiger partial charge in [0.25, 0.3) is 0 Å². The molecule has 0 saturated carbocycles. The third-order valence-corrected chi connectivity index (χ3v) is 6.76. The van der Waals surface area contributed by atoms with Gasteiger partial charge in [-0.25, -0.2) is 19.5 Å². The lowest BCUT2D eigenvalue weighted by Gasteiger charge is -2.36. The lowest BCUT2D eigenvalue weighted by atomic mass is 9.98. The molecule has 0 unspecified atom stereocenters. The van der Waals surface area contributed by atoms with Crippen LogP contribution in [0.3, 0.4) is 0 Å². The lowest BCUT2D eigenvalue weighted by molar-refractivity contribution is 0.461. The van der Waals surface area contributed by atoms with Gasteiger partial charge in [-0.15, -0.1) is 0 Å². The fourth-order valence-electron chi connectivity index (χ4n) is 5.10. The molecule has 0 aliphatic carbocycles. The normalized spacial score (nSPS) is 21.7. The molecule has 2 aliphatic heterocycles. The summed E-state index contributed by atoms with van der Waals surface area (Å²) < 4.78 is 1.89. The summed E-state index contributed by atoms with van der Waals surface area (Å²) in [5, 5.41) is 6.02. The number of aromatic nitrogens is 5. The van der Waals surface area contributed by atoms with Gasteiger partial charge in [0.05, 0.1) is 17.3 Å². The fraction of sp³-hybridized carbons (Fsp3) is 0.417. The van der Waals surface area contributed by atoms with Crippen molar-refractivity contribution >= 4 is 28.2 Å². The summed E-state index contributed by atoms with van der Waals surface area (Å²) in [6.45, 7) is 4.90. The van der Waals surface area contributed by atoms with E-state index in [0.717, 1.165) is 72.8 Å². The number of rotatable bonds is 3. The van der Waals surface area contributed by atoms with E-state index >= 15 is 0 Å². The first kappa shape index (κ1) is 19.4. The highest BCUT2D eigenvalue weighted by Crippen LogP contribution is 2.37. The van der Waals surface area contributed by atoms with Crippen molar-refractivity contribution in [3.05, 3.63) is 54.1 Å². The Kier molecular flexibility index (Phi) is 4.68. The Morgan fingerprint density at radius 2 is 1.97 bits per heavy atom. The molecular formula is C24H28N8. The van der Waals surface area contributed by atoms with Crippen LogP contribution >= 0.6 is 0 Å². The summed E-state index contributed by atoms with van der Waals surface area (Å²) in [7, 11) is 0. The molecular weight excluding hydrogens is 400 g/mol. The number of fused-ring (bicyclic) bond motifs is 2.